The van der Waals surface area contributed by atoms with Crippen molar-refractivity contribution in [3.05, 3.63) is 120 Å². The molecule has 168 valence electrons. The van der Waals surface area contributed by atoms with Crippen LogP contribution < -0.4 is 5.32 Å². The Kier molecular flexibility index (Phi) is 6.63. The maximum absolute atomic E-state index is 12.5. The molecule has 0 aliphatic rings. The molecule has 0 saturated carbocycles. The van der Waals surface area contributed by atoms with Gasteiger partial charge in [0.25, 0.3) is 5.91 Å². The highest BCUT2D eigenvalue weighted by molar-refractivity contribution is 7.98. The lowest BCUT2D eigenvalue weighted by atomic mass is 10.1. The number of thioether (sulfide) groups is 1. The van der Waals surface area contributed by atoms with Crippen molar-refractivity contribution in [1.29, 1.82) is 0 Å². The summed E-state index contributed by atoms with van der Waals surface area (Å²) >= 11 is 1.68. The fraction of sp³-hybridized carbons (Fsp3) is 0.111. The number of rotatable bonds is 8. The molecule has 0 saturated heterocycles. The Labute approximate surface area is 202 Å². The molecule has 1 amide bonds. The molecule has 34 heavy (non-hydrogen) atoms. The number of hydrogen-bond acceptors (Lipinski definition) is 5. The summed E-state index contributed by atoms with van der Waals surface area (Å²) < 4.78 is 2.21. The number of benzene rings is 2. The van der Waals surface area contributed by atoms with Gasteiger partial charge in [0.15, 0.2) is 5.16 Å². The molecule has 5 rings (SSSR count). The van der Waals surface area contributed by atoms with Gasteiger partial charge in [-0.25, -0.2) is 4.98 Å². The van der Waals surface area contributed by atoms with Crippen molar-refractivity contribution in [3.8, 4) is 0 Å². The number of nitrogens with zero attached hydrogens (tertiary/aromatic N) is 4. The molecule has 0 atom stereocenters. The van der Waals surface area contributed by atoms with Crippen molar-refractivity contribution in [2.24, 2.45) is 0 Å². The van der Waals surface area contributed by atoms with Crippen LogP contribution in [0.3, 0.4) is 0 Å². The Morgan fingerprint density at radius 2 is 1.71 bits per heavy atom. The summed E-state index contributed by atoms with van der Waals surface area (Å²) in [5.74, 6) is 0.642. The number of carbonyl (C=O) groups excluding carboxylic acids is 1. The second-order valence-electron chi connectivity index (χ2n) is 7.82. The molecule has 0 bridgehead atoms. The van der Waals surface area contributed by atoms with E-state index in [-0.39, 0.29) is 5.91 Å². The van der Waals surface area contributed by atoms with E-state index in [0.717, 1.165) is 39.7 Å². The molecular weight excluding hydrogens is 442 g/mol. The third-order valence-electron chi connectivity index (χ3n) is 5.44. The molecule has 3 aromatic heterocycles. The summed E-state index contributed by atoms with van der Waals surface area (Å²) in [5.41, 5.74) is 5.77. The SMILES string of the molecule is O=C(NCc1ccccn1)c1ccc(CSc2nc3ccncc3n2Cc2ccccc2)cc1. The molecule has 0 aliphatic heterocycles. The number of imidazole rings is 1. The zero-order valence-electron chi connectivity index (χ0n) is 18.5. The number of carbonyl (C=O) groups is 1. The van der Waals surface area contributed by atoms with Gasteiger partial charge in [-0.3, -0.25) is 14.8 Å². The Morgan fingerprint density at radius 1 is 0.882 bits per heavy atom. The average molecular weight is 466 g/mol. The first-order valence-corrected chi connectivity index (χ1v) is 12.0. The number of pyridine rings is 2. The molecule has 0 fully saturated rings. The Balaban J connectivity index is 1.26. The molecular formula is C27H23N5OS. The molecule has 0 radical (unpaired) electrons. The Morgan fingerprint density at radius 3 is 2.50 bits per heavy atom. The number of aromatic nitrogens is 4. The zero-order valence-corrected chi connectivity index (χ0v) is 19.3. The van der Waals surface area contributed by atoms with Crippen LogP contribution in [0.2, 0.25) is 0 Å². The summed E-state index contributed by atoms with van der Waals surface area (Å²) in [5, 5.41) is 3.86. The van der Waals surface area contributed by atoms with Gasteiger partial charge in [-0.15, -0.1) is 0 Å². The topological polar surface area (TPSA) is 72.7 Å². The highest BCUT2D eigenvalue weighted by Crippen LogP contribution is 2.27. The number of hydrogen-bond donors (Lipinski definition) is 1. The molecule has 2 aromatic carbocycles. The van der Waals surface area contributed by atoms with E-state index < -0.39 is 0 Å². The summed E-state index contributed by atoms with van der Waals surface area (Å²) in [6, 6.07) is 25.7. The van der Waals surface area contributed by atoms with Crippen LogP contribution in [0.25, 0.3) is 11.0 Å². The zero-order chi connectivity index (χ0) is 23.2. The number of fused-ring (bicyclic) bond motifs is 1. The minimum Gasteiger partial charge on any atom is -0.346 e. The quantitative estimate of drug-likeness (QED) is 0.323. The lowest BCUT2D eigenvalue weighted by Crippen LogP contribution is -2.23. The summed E-state index contributed by atoms with van der Waals surface area (Å²) in [4.78, 5) is 25.8. The minimum absolute atomic E-state index is 0.109. The van der Waals surface area contributed by atoms with Gasteiger partial charge >= 0.3 is 0 Å². The molecule has 0 unspecified atom stereocenters. The lowest BCUT2D eigenvalue weighted by Gasteiger charge is -2.09. The first-order valence-electron chi connectivity index (χ1n) is 11.0. The standard InChI is InChI=1S/C27H23N5OS/c33-26(30-16-23-8-4-5-14-29-23)22-11-9-21(10-12-22)19-34-27-31-24-13-15-28-17-25(24)32(27)18-20-6-2-1-3-7-20/h1-15,17H,16,18-19H2,(H,30,33). The van der Waals surface area contributed by atoms with Crippen LogP contribution in [-0.2, 0) is 18.8 Å². The largest absolute Gasteiger partial charge is 0.346 e. The predicted octanol–water partition coefficient (Wildman–Crippen LogP) is 5.10. The maximum atomic E-state index is 12.5. The van der Waals surface area contributed by atoms with E-state index in [4.69, 9.17) is 4.98 Å². The maximum Gasteiger partial charge on any atom is 0.251 e. The molecule has 6 nitrogen and oxygen atoms in total. The van der Waals surface area contributed by atoms with Crippen LogP contribution in [0.4, 0.5) is 0 Å². The summed E-state index contributed by atoms with van der Waals surface area (Å²) in [7, 11) is 0. The molecule has 3 heterocycles. The molecule has 1 N–H and O–H groups in total. The van der Waals surface area contributed by atoms with Gasteiger partial charge in [-0.1, -0.05) is 60.3 Å². The number of amides is 1. The highest BCUT2D eigenvalue weighted by Gasteiger charge is 2.13. The van der Waals surface area contributed by atoms with Gasteiger partial charge in [-0.2, -0.15) is 0 Å². The van der Waals surface area contributed by atoms with Gasteiger partial charge in [0.2, 0.25) is 0 Å². The lowest BCUT2D eigenvalue weighted by molar-refractivity contribution is 0.0950. The highest BCUT2D eigenvalue weighted by atomic mass is 32.2. The minimum atomic E-state index is -0.109. The van der Waals surface area contributed by atoms with E-state index in [9.17, 15) is 4.79 Å². The van der Waals surface area contributed by atoms with E-state index in [1.807, 2.05) is 72.9 Å². The third-order valence-corrected chi connectivity index (χ3v) is 6.49. The fourth-order valence-electron chi connectivity index (χ4n) is 3.65. The summed E-state index contributed by atoms with van der Waals surface area (Å²) in [6.07, 6.45) is 5.36. The molecule has 0 spiro atoms. The van der Waals surface area contributed by atoms with Crippen LogP contribution in [0, 0.1) is 0 Å². The van der Waals surface area contributed by atoms with Gasteiger partial charge in [0.1, 0.15) is 0 Å². The van der Waals surface area contributed by atoms with Gasteiger partial charge in [-0.05, 0) is 41.5 Å². The van der Waals surface area contributed by atoms with Gasteiger partial charge in [0, 0.05) is 23.7 Å². The van der Waals surface area contributed by atoms with E-state index in [0.29, 0.717) is 12.1 Å². The van der Waals surface area contributed by atoms with Crippen molar-refractivity contribution >= 4 is 28.7 Å². The van der Waals surface area contributed by atoms with Crippen molar-refractivity contribution in [1.82, 2.24) is 24.8 Å². The van der Waals surface area contributed by atoms with Crippen molar-refractivity contribution in [3.63, 3.8) is 0 Å². The second kappa shape index (κ2) is 10.3. The first-order chi connectivity index (χ1) is 16.8. The van der Waals surface area contributed by atoms with E-state index in [2.05, 4.69) is 32.0 Å². The van der Waals surface area contributed by atoms with E-state index in [1.165, 1.54) is 5.56 Å². The predicted molar refractivity (Wildman–Crippen MR) is 134 cm³/mol. The monoisotopic (exact) mass is 465 g/mol. The third kappa shape index (κ3) is 5.15. The van der Waals surface area contributed by atoms with Crippen molar-refractivity contribution < 1.29 is 4.79 Å². The Hall–Kier alpha value is -3.97. The van der Waals surface area contributed by atoms with Crippen LogP contribution in [0.1, 0.15) is 27.2 Å². The fourth-order valence-corrected chi connectivity index (χ4v) is 4.62. The van der Waals surface area contributed by atoms with E-state index in [1.54, 1.807) is 24.2 Å². The van der Waals surface area contributed by atoms with Crippen molar-refractivity contribution in [2.75, 3.05) is 0 Å². The van der Waals surface area contributed by atoms with E-state index >= 15 is 0 Å². The van der Waals surface area contributed by atoms with Crippen LogP contribution in [-0.4, -0.2) is 25.4 Å². The van der Waals surface area contributed by atoms with Crippen LogP contribution in [0.5, 0.6) is 0 Å². The molecule has 7 heteroatoms. The second-order valence-corrected chi connectivity index (χ2v) is 8.76. The first kappa shape index (κ1) is 21.9. The normalized spacial score (nSPS) is 10.9. The summed E-state index contributed by atoms with van der Waals surface area (Å²) in [6.45, 7) is 1.14. The van der Waals surface area contributed by atoms with Gasteiger partial charge in [0.05, 0.1) is 36.0 Å². The number of nitrogens with one attached hydrogen (secondary N) is 1. The molecule has 0 aliphatic carbocycles. The van der Waals surface area contributed by atoms with Crippen LogP contribution >= 0.6 is 11.8 Å². The van der Waals surface area contributed by atoms with Gasteiger partial charge < -0.3 is 9.88 Å². The van der Waals surface area contributed by atoms with Crippen molar-refractivity contribution in [2.45, 2.75) is 24.0 Å². The van der Waals surface area contributed by atoms with Crippen LogP contribution in [0.15, 0.2) is 103 Å². The average Bonchev–Trinajstić information content (AvgIpc) is 3.25. The smallest absolute Gasteiger partial charge is 0.251 e. The Bertz CT molecular complexity index is 1390. The molecule has 5 aromatic rings.